The van der Waals surface area contributed by atoms with Crippen molar-refractivity contribution in [1.82, 2.24) is 5.32 Å². The van der Waals surface area contributed by atoms with Gasteiger partial charge in [0.1, 0.15) is 5.78 Å². The van der Waals surface area contributed by atoms with Crippen molar-refractivity contribution in [2.45, 2.75) is 52.5 Å². The average molecular weight is 247 g/mol. The molecule has 0 radical (unpaired) electrons. The van der Waals surface area contributed by atoms with E-state index in [0.29, 0.717) is 12.3 Å². The summed E-state index contributed by atoms with van der Waals surface area (Å²) < 4.78 is 0. The highest BCUT2D eigenvalue weighted by Gasteiger charge is 2.02. The van der Waals surface area contributed by atoms with Gasteiger partial charge in [-0.1, -0.05) is 38.1 Å². The third-order valence-electron chi connectivity index (χ3n) is 3.37. The lowest BCUT2D eigenvalue weighted by Crippen LogP contribution is -2.15. The monoisotopic (exact) mass is 247 g/mol. The number of rotatable bonds is 8. The second kappa shape index (κ2) is 8.04. The van der Waals surface area contributed by atoms with Crippen molar-refractivity contribution >= 4 is 5.78 Å². The van der Waals surface area contributed by atoms with Crippen molar-refractivity contribution in [2.75, 3.05) is 6.54 Å². The summed E-state index contributed by atoms with van der Waals surface area (Å²) in [6, 6.07) is 8.83. The first-order valence-corrected chi connectivity index (χ1v) is 6.92. The van der Waals surface area contributed by atoms with E-state index in [9.17, 15) is 4.79 Å². The van der Waals surface area contributed by atoms with Gasteiger partial charge in [-0.05, 0) is 43.4 Å². The van der Waals surface area contributed by atoms with Crippen molar-refractivity contribution in [2.24, 2.45) is 0 Å². The van der Waals surface area contributed by atoms with Gasteiger partial charge in [0, 0.05) is 13.0 Å². The minimum absolute atomic E-state index is 0.273. The number of hydrogen-bond donors (Lipinski definition) is 1. The van der Waals surface area contributed by atoms with Gasteiger partial charge in [0.05, 0.1) is 0 Å². The lowest BCUT2D eigenvalue weighted by atomic mass is 9.98. The first-order valence-electron chi connectivity index (χ1n) is 6.92. The van der Waals surface area contributed by atoms with E-state index in [4.69, 9.17) is 0 Å². The maximum Gasteiger partial charge on any atom is 0.129 e. The summed E-state index contributed by atoms with van der Waals surface area (Å²) in [6.07, 6.45) is 2.79. The molecule has 0 aliphatic heterocycles. The molecule has 1 N–H and O–H groups in total. The quantitative estimate of drug-likeness (QED) is 0.710. The van der Waals surface area contributed by atoms with Crippen LogP contribution in [0.1, 0.15) is 57.1 Å². The number of nitrogens with one attached hydrogen (secondary N) is 1. The highest BCUT2D eigenvalue weighted by Crippen LogP contribution is 2.18. The molecule has 0 bridgehead atoms. The second-order valence-corrected chi connectivity index (χ2v) is 5.03. The summed E-state index contributed by atoms with van der Waals surface area (Å²) in [7, 11) is 0. The zero-order valence-corrected chi connectivity index (χ0v) is 11.8. The lowest BCUT2D eigenvalue weighted by Gasteiger charge is -2.10. The topological polar surface area (TPSA) is 29.1 Å². The van der Waals surface area contributed by atoms with Crippen LogP contribution in [0.5, 0.6) is 0 Å². The fourth-order valence-corrected chi connectivity index (χ4v) is 1.89. The Morgan fingerprint density at radius 2 is 1.94 bits per heavy atom. The van der Waals surface area contributed by atoms with Crippen LogP contribution in [0.2, 0.25) is 0 Å². The standard InChI is InChI=1S/C16H25NO/c1-4-13(2)16-9-7-15(8-10-16)12-17-11-5-6-14(3)18/h7-10,13,17H,4-6,11-12H2,1-3H3. The number of benzene rings is 1. The fourth-order valence-electron chi connectivity index (χ4n) is 1.89. The summed E-state index contributed by atoms with van der Waals surface area (Å²) >= 11 is 0. The average Bonchev–Trinajstić information content (AvgIpc) is 2.38. The van der Waals surface area contributed by atoms with Gasteiger partial charge < -0.3 is 10.1 Å². The minimum Gasteiger partial charge on any atom is -0.313 e. The van der Waals surface area contributed by atoms with Crippen LogP contribution >= 0.6 is 0 Å². The molecule has 18 heavy (non-hydrogen) atoms. The molecule has 0 aliphatic carbocycles. The van der Waals surface area contributed by atoms with E-state index in [1.54, 1.807) is 6.92 Å². The van der Waals surface area contributed by atoms with Crippen molar-refractivity contribution in [1.29, 1.82) is 0 Å². The van der Waals surface area contributed by atoms with Gasteiger partial charge in [0.15, 0.2) is 0 Å². The van der Waals surface area contributed by atoms with E-state index in [0.717, 1.165) is 19.5 Å². The zero-order valence-electron chi connectivity index (χ0n) is 11.8. The fraction of sp³-hybridized carbons (Fsp3) is 0.562. The molecule has 0 aromatic heterocycles. The number of hydrogen-bond acceptors (Lipinski definition) is 2. The summed E-state index contributed by atoms with van der Waals surface area (Å²) in [5.41, 5.74) is 2.72. The molecule has 1 aromatic rings. The SMILES string of the molecule is CCC(C)c1ccc(CNCCCC(C)=O)cc1. The van der Waals surface area contributed by atoms with Gasteiger partial charge in [0.2, 0.25) is 0 Å². The Morgan fingerprint density at radius 1 is 1.28 bits per heavy atom. The largest absolute Gasteiger partial charge is 0.313 e. The normalized spacial score (nSPS) is 12.4. The van der Waals surface area contributed by atoms with Crippen molar-refractivity contribution in [3.8, 4) is 0 Å². The molecule has 0 amide bonds. The van der Waals surface area contributed by atoms with Gasteiger partial charge >= 0.3 is 0 Å². The van der Waals surface area contributed by atoms with Crippen LogP contribution in [0.15, 0.2) is 24.3 Å². The second-order valence-electron chi connectivity index (χ2n) is 5.03. The predicted octanol–water partition coefficient (Wildman–Crippen LogP) is 3.66. The Balaban J connectivity index is 2.29. The van der Waals surface area contributed by atoms with E-state index in [-0.39, 0.29) is 5.78 Å². The molecule has 0 heterocycles. The molecule has 2 nitrogen and oxygen atoms in total. The summed E-state index contributed by atoms with van der Waals surface area (Å²) in [5, 5.41) is 3.37. The van der Waals surface area contributed by atoms with E-state index < -0.39 is 0 Å². The predicted molar refractivity (Wildman–Crippen MR) is 76.8 cm³/mol. The Kier molecular flexibility index (Phi) is 6.66. The molecule has 2 heteroatoms. The summed E-state index contributed by atoms with van der Waals surface area (Å²) in [4.78, 5) is 10.8. The van der Waals surface area contributed by atoms with Crippen molar-refractivity contribution in [3.63, 3.8) is 0 Å². The maximum absolute atomic E-state index is 10.8. The van der Waals surface area contributed by atoms with Gasteiger partial charge in [0.25, 0.3) is 0 Å². The van der Waals surface area contributed by atoms with Crippen LogP contribution in [-0.2, 0) is 11.3 Å². The minimum atomic E-state index is 0.273. The van der Waals surface area contributed by atoms with Crippen LogP contribution in [-0.4, -0.2) is 12.3 Å². The number of carbonyl (C=O) groups is 1. The van der Waals surface area contributed by atoms with Crippen molar-refractivity contribution < 1.29 is 4.79 Å². The van der Waals surface area contributed by atoms with E-state index in [1.165, 1.54) is 17.5 Å². The molecular weight excluding hydrogens is 222 g/mol. The van der Waals surface area contributed by atoms with Crippen LogP contribution in [0.4, 0.5) is 0 Å². The van der Waals surface area contributed by atoms with Gasteiger partial charge in [-0.25, -0.2) is 0 Å². The van der Waals surface area contributed by atoms with Crippen molar-refractivity contribution in [3.05, 3.63) is 35.4 Å². The Bertz CT molecular complexity index is 356. The van der Waals surface area contributed by atoms with E-state index >= 15 is 0 Å². The number of ketones is 1. The van der Waals surface area contributed by atoms with Crippen LogP contribution in [0.3, 0.4) is 0 Å². The number of Topliss-reactive ketones (excluding diaryl/α,β-unsaturated/α-hetero) is 1. The smallest absolute Gasteiger partial charge is 0.129 e. The molecule has 0 spiro atoms. The third kappa shape index (κ3) is 5.46. The van der Waals surface area contributed by atoms with Crippen LogP contribution in [0, 0.1) is 0 Å². The molecule has 0 saturated carbocycles. The molecule has 1 rings (SSSR count). The van der Waals surface area contributed by atoms with E-state index in [2.05, 4.69) is 43.4 Å². The molecular formula is C16H25NO. The molecule has 0 saturated heterocycles. The van der Waals surface area contributed by atoms with Crippen LogP contribution < -0.4 is 5.32 Å². The Hall–Kier alpha value is -1.15. The lowest BCUT2D eigenvalue weighted by molar-refractivity contribution is -0.117. The molecule has 0 fully saturated rings. The first-order chi connectivity index (χ1) is 8.63. The maximum atomic E-state index is 10.8. The molecule has 1 unspecified atom stereocenters. The molecule has 1 aromatic carbocycles. The first kappa shape index (κ1) is 14.9. The highest BCUT2D eigenvalue weighted by atomic mass is 16.1. The van der Waals surface area contributed by atoms with Gasteiger partial charge in [-0.15, -0.1) is 0 Å². The summed E-state index contributed by atoms with van der Waals surface area (Å²) in [6.45, 7) is 7.92. The summed E-state index contributed by atoms with van der Waals surface area (Å²) in [5.74, 6) is 0.914. The van der Waals surface area contributed by atoms with Gasteiger partial charge in [-0.2, -0.15) is 0 Å². The van der Waals surface area contributed by atoms with Gasteiger partial charge in [-0.3, -0.25) is 0 Å². The Labute approximate surface area is 111 Å². The molecule has 0 aliphatic rings. The van der Waals surface area contributed by atoms with Crippen LogP contribution in [0.25, 0.3) is 0 Å². The zero-order chi connectivity index (χ0) is 13.4. The molecule has 1 atom stereocenters. The Morgan fingerprint density at radius 3 is 2.50 bits per heavy atom. The van der Waals surface area contributed by atoms with E-state index in [1.807, 2.05) is 0 Å². The third-order valence-corrected chi connectivity index (χ3v) is 3.37. The highest BCUT2D eigenvalue weighted by molar-refractivity contribution is 5.75. The number of carbonyl (C=O) groups excluding carboxylic acids is 1. The molecule has 100 valence electrons.